The van der Waals surface area contributed by atoms with Crippen LogP contribution in [0.15, 0.2) is 24.6 Å². The Morgan fingerprint density at radius 1 is 1.41 bits per heavy atom. The van der Waals surface area contributed by atoms with Crippen LogP contribution < -0.4 is 5.32 Å². The van der Waals surface area contributed by atoms with Crippen LogP contribution in [0.3, 0.4) is 0 Å². The topological polar surface area (TPSA) is 15.3 Å². The van der Waals surface area contributed by atoms with Gasteiger partial charge >= 0.3 is 0 Å². The molecule has 1 aliphatic rings. The highest BCUT2D eigenvalue weighted by molar-refractivity contribution is 5.11. The quantitative estimate of drug-likeness (QED) is 0.759. The highest BCUT2D eigenvalue weighted by atomic mass is 15.2. The van der Waals surface area contributed by atoms with Crippen molar-refractivity contribution in [3.8, 4) is 0 Å². The molecule has 0 radical (unpaired) electrons. The van der Waals surface area contributed by atoms with Crippen molar-refractivity contribution in [3.63, 3.8) is 0 Å². The molecule has 1 rings (SSSR count). The molecule has 1 aliphatic heterocycles. The summed E-state index contributed by atoms with van der Waals surface area (Å²) in [5, 5.41) is 3.49. The van der Waals surface area contributed by atoms with E-state index < -0.39 is 0 Å². The first kappa shape index (κ1) is 14.1. The standard InChI is InChI=1S/C15H28N2/c1-7-11(2)13(4)16-14(5)15(6)17-10-8-9-12(17)3/h11-12,14,16H,4,6-10H2,1-3,5H3. The molecule has 0 bridgehead atoms. The van der Waals surface area contributed by atoms with E-state index in [1.807, 2.05) is 0 Å². The van der Waals surface area contributed by atoms with Gasteiger partial charge in [-0.3, -0.25) is 0 Å². The van der Waals surface area contributed by atoms with Crippen LogP contribution in [0.1, 0.15) is 47.0 Å². The van der Waals surface area contributed by atoms with E-state index in [9.17, 15) is 0 Å². The second-order valence-electron chi connectivity index (χ2n) is 5.38. The molecule has 0 spiro atoms. The Kier molecular flexibility index (Phi) is 5.10. The molecule has 0 aromatic heterocycles. The van der Waals surface area contributed by atoms with E-state index in [-0.39, 0.29) is 6.04 Å². The second-order valence-corrected chi connectivity index (χ2v) is 5.38. The lowest BCUT2D eigenvalue weighted by Gasteiger charge is -2.32. The van der Waals surface area contributed by atoms with Crippen LogP contribution in [0.5, 0.6) is 0 Å². The molecule has 17 heavy (non-hydrogen) atoms. The number of rotatable bonds is 6. The van der Waals surface area contributed by atoms with Crippen LogP contribution >= 0.6 is 0 Å². The van der Waals surface area contributed by atoms with E-state index >= 15 is 0 Å². The van der Waals surface area contributed by atoms with E-state index in [0.717, 1.165) is 18.7 Å². The Bertz CT molecular complexity index is 283. The molecule has 2 heteroatoms. The fourth-order valence-corrected chi connectivity index (χ4v) is 2.36. The number of nitrogens with zero attached hydrogens (tertiary/aromatic N) is 1. The minimum absolute atomic E-state index is 0.289. The number of allylic oxidation sites excluding steroid dienone is 1. The Balaban J connectivity index is 2.49. The first-order valence-electron chi connectivity index (χ1n) is 6.88. The molecule has 2 nitrogen and oxygen atoms in total. The van der Waals surface area contributed by atoms with Gasteiger partial charge in [-0.2, -0.15) is 0 Å². The Labute approximate surface area is 107 Å². The van der Waals surface area contributed by atoms with Gasteiger partial charge in [-0.15, -0.1) is 0 Å². The number of hydrogen-bond acceptors (Lipinski definition) is 2. The average molecular weight is 236 g/mol. The second kappa shape index (κ2) is 6.13. The summed E-state index contributed by atoms with van der Waals surface area (Å²) in [6, 6.07) is 0.931. The van der Waals surface area contributed by atoms with Gasteiger partial charge in [0, 0.05) is 24.0 Å². The van der Waals surface area contributed by atoms with Crippen LogP contribution in [0.25, 0.3) is 0 Å². The summed E-state index contributed by atoms with van der Waals surface area (Å²) < 4.78 is 0. The fraction of sp³-hybridized carbons (Fsp3) is 0.733. The third kappa shape index (κ3) is 3.52. The molecule has 3 unspecified atom stereocenters. The monoisotopic (exact) mass is 236 g/mol. The van der Waals surface area contributed by atoms with Crippen LogP contribution in [0.4, 0.5) is 0 Å². The zero-order valence-electron chi connectivity index (χ0n) is 11.9. The summed E-state index contributed by atoms with van der Waals surface area (Å²) in [5.74, 6) is 0.529. The summed E-state index contributed by atoms with van der Waals surface area (Å²) in [7, 11) is 0. The maximum Gasteiger partial charge on any atom is 0.0624 e. The van der Waals surface area contributed by atoms with Gasteiger partial charge < -0.3 is 10.2 Å². The molecule has 0 saturated carbocycles. The number of nitrogens with one attached hydrogen (secondary N) is 1. The molecule has 3 atom stereocenters. The van der Waals surface area contributed by atoms with Crippen molar-refractivity contribution < 1.29 is 0 Å². The summed E-state index contributed by atoms with van der Waals surface area (Å²) >= 11 is 0. The molecular formula is C15H28N2. The normalized spacial score (nSPS) is 23.3. The van der Waals surface area contributed by atoms with Gasteiger partial charge in [0.25, 0.3) is 0 Å². The summed E-state index contributed by atoms with van der Waals surface area (Å²) in [4.78, 5) is 2.43. The van der Waals surface area contributed by atoms with Crippen LogP contribution in [-0.4, -0.2) is 23.5 Å². The lowest BCUT2D eigenvalue weighted by Crippen LogP contribution is -2.38. The van der Waals surface area contributed by atoms with Crippen molar-refractivity contribution >= 4 is 0 Å². The summed E-state index contributed by atoms with van der Waals surface area (Å²) in [6.07, 6.45) is 3.71. The first-order chi connectivity index (χ1) is 7.97. The van der Waals surface area contributed by atoms with Crippen LogP contribution in [-0.2, 0) is 0 Å². The molecule has 1 heterocycles. The lowest BCUT2D eigenvalue weighted by atomic mass is 10.0. The minimum atomic E-state index is 0.289. The van der Waals surface area contributed by atoms with E-state index in [0.29, 0.717) is 12.0 Å². The van der Waals surface area contributed by atoms with Crippen molar-refractivity contribution in [2.24, 2.45) is 5.92 Å². The molecule has 0 aromatic rings. The maximum absolute atomic E-state index is 4.25. The third-order valence-electron chi connectivity index (χ3n) is 4.03. The predicted octanol–water partition coefficient (Wildman–Crippen LogP) is 3.52. The summed E-state index contributed by atoms with van der Waals surface area (Å²) in [6.45, 7) is 18.4. The molecular weight excluding hydrogens is 208 g/mol. The zero-order valence-corrected chi connectivity index (χ0v) is 11.9. The van der Waals surface area contributed by atoms with Gasteiger partial charge in [0.2, 0.25) is 0 Å². The van der Waals surface area contributed by atoms with Crippen molar-refractivity contribution in [2.75, 3.05) is 6.54 Å². The van der Waals surface area contributed by atoms with Gasteiger partial charge in [0.05, 0.1) is 6.04 Å². The van der Waals surface area contributed by atoms with Gasteiger partial charge in [0.15, 0.2) is 0 Å². The first-order valence-corrected chi connectivity index (χ1v) is 6.88. The smallest absolute Gasteiger partial charge is 0.0624 e. The Morgan fingerprint density at radius 2 is 2.06 bits per heavy atom. The van der Waals surface area contributed by atoms with Crippen molar-refractivity contribution in [1.82, 2.24) is 10.2 Å². The Hall–Kier alpha value is -0.920. The fourth-order valence-electron chi connectivity index (χ4n) is 2.36. The molecule has 1 fully saturated rings. The van der Waals surface area contributed by atoms with Gasteiger partial charge in [0.1, 0.15) is 0 Å². The molecule has 0 aliphatic carbocycles. The van der Waals surface area contributed by atoms with Crippen LogP contribution in [0.2, 0.25) is 0 Å². The molecule has 1 saturated heterocycles. The Morgan fingerprint density at radius 3 is 2.53 bits per heavy atom. The largest absolute Gasteiger partial charge is 0.381 e. The van der Waals surface area contributed by atoms with Crippen molar-refractivity contribution in [3.05, 3.63) is 24.6 Å². The molecule has 1 N–H and O–H groups in total. The lowest BCUT2D eigenvalue weighted by molar-refractivity contribution is 0.312. The van der Waals surface area contributed by atoms with Crippen LogP contribution in [0, 0.1) is 5.92 Å². The molecule has 0 aromatic carbocycles. The van der Waals surface area contributed by atoms with Crippen molar-refractivity contribution in [2.45, 2.75) is 59.0 Å². The average Bonchev–Trinajstić information content (AvgIpc) is 2.73. The molecule has 98 valence electrons. The summed E-state index contributed by atoms with van der Waals surface area (Å²) in [5.41, 5.74) is 2.34. The SMILES string of the molecule is C=C(NC(C)C(=C)N1CCCC1C)C(C)CC. The minimum Gasteiger partial charge on any atom is -0.381 e. The predicted molar refractivity (Wildman–Crippen MR) is 75.7 cm³/mol. The van der Waals surface area contributed by atoms with E-state index in [2.05, 4.69) is 51.1 Å². The van der Waals surface area contributed by atoms with E-state index in [1.165, 1.54) is 18.5 Å². The molecule has 0 amide bonds. The highest BCUT2D eigenvalue weighted by Crippen LogP contribution is 2.23. The van der Waals surface area contributed by atoms with E-state index in [1.54, 1.807) is 0 Å². The van der Waals surface area contributed by atoms with E-state index in [4.69, 9.17) is 0 Å². The van der Waals surface area contributed by atoms with Gasteiger partial charge in [-0.25, -0.2) is 0 Å². The zero-order chi connectivity index (χ0) is 13.0. The third-order valence-corrected chi connectivity index (χ3v) is 4.03. The number of likely N-dealkylation sites (tertiary alicyclic amines) is 1. The van der Waals surface area contributed by atoms with Crippen molar-refractivity contribution in [1.29, 1.82) is 0 Å². The maximum atomic E-state index is 4.25. The van der Waals surface area contributed by atoms with Gasteiger partial charge in [-0.05, 0) is 39.0 Å². The number of hydrogen-bond donors (Lipinski definition) is 1. The van der Waals surface area contributed by atoms with Gasteiger partial charge in [-0.1, -0.05) is 27.0 Å². The highest BCUT2D eigenvalue weighted by Gasteiger charge is 2.24.